The highest BCUT2D eigenvalue weighted by Gasteiger charge is 2.57. The fourth-order valence-electron chi connectivity index (χ4n) is 4.36. The minimum atomic E-state index is -1.17. The van der Waals surface area contributed by atoms with Crippen LogP contribution in [0.5, 0.6) is 0 Å². The predicted octanol–water partition coefficient (Wildman–Crippen LogP) is 3.00. The topological polar surface area (TPSA) is 72.8 Å². The van der Waals surface area contributed by atoms with Crippen LogP contribution in [0.15, 0.2) is 11.6 Å². The van der Waals surface area contributed by atoms with Crippen molar-refractivity contribution in [1.82, 2.24) is 0 Å². The van der Waals surface area contributed by atoms with Crippen LogP contribution in [0.1, 0.15) is 60.8 Å². The normalized spacial score (nSPS) is 39.0. The van der Waals surface area contributed by atoms with Crippen LogP contribution < -0.4 is 0 Å². The van der Waals surface area contributed by atoms with E-state index >= 15 is 0 Å². The monoisotopic (exact) mass is 338 g/mol. The molecule has 0 aromatic heterocycles. The van der Waals surface area contributed by atoms with Crippen molar-refractivity contribution in [1.29, 1.82) is 0 Å². The first-order valence-electron chi connectivity index (χ1n) is 8.77. The molecule has 0 unspecified atom stereocenters. The van der Waals surface area contributed by atoms with Gasteiger partial charge in [-0.25, -0.2) is 0 Å². The third-order valence-corrected chi connectivity index (χ3v) is 5.73. The van der Waals surface area contributed by atoms with Gasteiger partial charge in [-0.05, 0) is 32.6 Å². The average Bonchev–Trinajstić information content (AvgIpc) is 2.66. The van der Waals surface area contributed by atoms with Crippen LogP contribution >= 0.6 is 0 Å². The second kappa shape index (κ2) is 6.51. The van der Waals surface area contributed by atoms with Crippen LogP contribution in [0, 0.1) is 17.8 Å². The number of hydrogen-bond donors (Lipinski definition) is 1. The zero-order valence-electron chi connectivity index (χ0n) is 15.6. The van der Waals surface area contributed by atoms with Crippen molar-refractivity contribution in [3.63, 3.8) is 0 Å². The maximum absolute atomic E-state index is 11.6. The summed E-state index contributed by atoms with van der Waals surface area (Å²) in [4.78, 5) is 23.1. The van der Waals surface area contributed by atoms with E-state index in [1.54, 1.807) is 6.92 Å². The second-order valence-electron chi connectivity index (χ2n) is 8.00. The molecule has 0 spiro atoms. The van der Waals surface area contributed by atoms with E-state index in [1.165, 1.54) is 13.8 Å². The molecule has 2 aliphatic rings. The van der Waals surface area contributed by atoms with Gasteiger partial charge in [-0.15, -0.1) is 0 Å². The van der Waals surface area contributed by atoms with Crippen LogP contribution in [0.25, 0.3) is 0 Å². The van der Waals surface area contributed by atoms with Crippen molar-refractivity contribution in [3.8, 4) is 0 Å². The third-order valence-electron chi connectivity index (χ3n) is 5.73. The van der Waals surface area contributed by atoms with Crippen LogP contribution in [0.4, 0.5) is 0 Å². The highest BCUT2D eigenvalue weighted by atomic mass is 16.6. The Kier molecular flexibility index (Phi) is 5.14. The van der Waals surface area contributed by atoms with Crippen LogP contribution in [-0.2, 0) is 19.1 Å². The molecule has 2 aliphatic carbocycles. The molecule has 2 rings (SSSR count). The Balaban J connectivity index is 2.46. The van der Waals surface area contributed by atoms with Crippen LogP contribution in [-0.4, -0.2) is 34.4 Å². The number of ether oxygens (including phenoxy) is 2. The Hall–Kier alpha value is -1.36. The summed E-state index contributed by atoms with van der Waals surface area (Å²) in [5.41, 5.74) is -0.665. The third kappa shape index (κ3) is 3.51. The maximum Gasteiger partial charge on any atom is 0.303 e. The molecular weight excluding hydrogens is 308 g/mol. The summed E-state index contributed by atoms with van der Waals surface area (Å²) in [5.74, 6) is -0.641. The first-order valence-corrected chi connectivity index (χ1v) is 8.77. The number of rotatable bonds is 3. The molecule has 0 bridgehead atoms. The number of fused-ring (bicyclic) bond motifs is 1. The summed E-state index contributed by atoms with van der Waals surface area (Å²) in [6.07, 6.45) is 3.49. The van der Waals surface area contributed by atoms with E-state index < -0.39 is 17.3 Å². The highest BCUT2D eigenvalue weighted by molar-refractivity contribution is 5.67. The number of carbonyl (C=O) groups is 2. The van der Waals surface area contributed by atoms with Crippen LogP contribution in [0.3, 0.4) is 0 Å². The Labute approximate surface area is 144 Å². The van der Waals surface area contributed by atoms with Gasteiger partial charge in [0.05, 0.1) is 0 Å². The molecule has 5 nitrogen and oxygen atoms in total. The second-order valence-corrected chi connectivity index (χ2v) is 8.00. The van der Waals surface area contributed by atoms with E-state index in [2.05, 4.69) is 19.9 Å². The highest BCUT2D eigenvalue weighted by Crippen LogP contribution is 2.52. The Morgan fingerprint density at radius 2 is 1.88 bits per heavy atom. The summed E-state index contributed by atoms with van der Waals surface area (Å²) < 4.78 is 11.1. The van der Waals surface area contributed by atoms with Crippen LogP contribution in [0.2, 0.25) is 0 Å². The lowest BCUT2D eigenvalue weighted by molar-refractivity contribution is -0.172. The van der Waals surface area contributed by atoms with Gasteiger partial charge in [0.25, 0.3) is 0 Å². The smallest absolute Gasteiger partial charge is 0.303 e. The molecule has 24 heavy (non-hydrogen) atoms. The molecule has 1 saturated carbocycles. The van der Waals surface area contributed by atoms with Crippen molar-refractivity contribution in [2.75, 3.05) is 0 Å². The van der Waals surface area contributed by atoms with Gasteiger partial charge in [0.15, 0.2) is 0 Å². The fourth-order valence-corrected chi connectivity index (χ4v) is 4.36. The van der Waals surface area contributed by atoms with Crippen molar-refractivity contribution in [2.45, 2.75) is 78.1 Å². The van der Waals surface area contributed by atoms with Gasteiger partial charge in [0.1, 0.15) is 17.3 Å². The lowest BCUT2D eigenvalue weighted by Gasteiger charge is -2.39. The zero-order valence-corrected chi connectivity index (χ0v) is 15.6. The summed E-state index contributed by atoms with van der Waals surface area (Å²) in [6, 6.07) is 0. The Bertz CT molecular complexity index is 548. The predicted molar refractivity (Wildman–Crippen MR) is 90.1 cm³/mol. The molecule has 5 atom stereocenters. The summed E-state index contributed by atoms with van der Waals surface area (Å²) in [5, 5.41) is 11.2. The van der Waals surface area contributed by atoms with Gasteiger partial charge in [0, 0.05) is 32.1 Å². The molecule has 0 aliphatic heterocycles. The molecule has 5 heteroatoms. The van der Waals surface area contributed by atoms with Gasteiger partial charge >= 0.3 is 11.9 Å². The summed E-state index contributed by atoms with van der Waals surface area (Å²) in [6.45, 7) is 10.6. The first-order chi connectivity index (χ1) is 11.0. The summed E-state index contributed by atoms with van der Waals surface area (Å²) in [7, 11) is 0. The van der Waals surface area contributed by atoms with E-state index in [1.807, 2.05) is 6.92 Å². The van der Waals surface area contributed by atoms with E-state index in [9.17, 15) is 14.7 Å². The largest absolute Gasteiger partial charge is 0.459 e. The SMILES string of the molecule is CC(=O)O[C@@H]1CC(C(C)C)=C[C@@H]2[C@H](CC[C@@]2(C)OC(C)=O)[C@@]1(C)O. The standard InChI is InChI=1S/C19H30O5/c1-11(2)14-9-16-15(7-8-18(16,5)24-13(4)21)19(6,22)17(10-14)23-12(3)20/h9,11,15-17,22H,7-8,10H2,1-6H3/t15-,16+,17+,18+,19+/m0/s1. The quantitative estimate of drug-likeness (QED) is 0.632. The molecule has 1 N–H and O–H groups in total. The minimum Gasteiger partial charge on any atom is -0.459 e. The molecule has 0 saturated heterocycles. The Morgan fingerprint density at radius 3 is 2.38 bits per heavy atom. The molecule has 0 amide bonds. The number of esters is 2. The van der Waals surface area contributed by atoms with E-state index in [4.69, 9.17) is 9.47 Å². The van der Waals surface area contributed by atoms with E-state index in [0.717, 1.165) is 12.0 Å². The van der Waals surface area contributed by atoms with E-state index in [-0.39, 0.29) is 29.7 Å². The van der Waals surface area contributed by atoms with Crippen molar-refractivity contribution in [2.24, 2.45) is 17.8 Å². The van der Waals surface area contributed by atoms with Gasteiger partial charge < -0.3 is 14.6 Å². The number of carbonyl (C=O) groups excluding carboxylic acids is 2. The van der Waals surface area contributed by atoms with Gasteiger partial charge in [-0.1, -0.05) is 25.5 Å². The van der Waals surface area contributed by atoms with Crippen molar-refractivity contribution in [3.05, 3.63) is 11.6 Å². The number of hydrogen-bond acceptors (Lipinski definition) is 5. The molecule has 0 radical (unpaired) electrons. The average molecular weight is 338 g/mol. The minimum absolute atomic E-state index is 0.0886. The summed E-state index contributed by atoms with van der Waals surface area (Å²) >= 11 is 0. The number of aliphatic hydroxyl groups is 1. The fraction of sp³-hybridized carbons (Fsp3) is 0.789. The molecule has 1 fully saturated rings. The lowest BCUT2D eigenvalue weighted by Crippen LogP contribution is -2.50. The Morgan fingerprint density at radius 1 is 1.25 bits per heavy atom. The molecular formula is C19H30O5. The van der Waals surface area contributed by atoms with Crippen molar-refractivity contribution >= 4 is 11.9 Å². The first kappa shape index (κ1) is 19.0. The lowest BCUT2D eigenvalue weighted by atomic mass is 9.76. The maximum atomic E-state index is 11.6. The van der Waals surface area contributed by atoms with Gasteiger partial charge in [-0.3, -0.25) is 9.59 Å². The van der Waals surface area contributed by atoms with Gasteiger partial charge in [-0.2, -0.15) is 0 Å². The van der Waals surface area contributed by atoms with E-state index in [0.29, 0.717) is 12.8 Å². The zero-order chi connectivity index (χ0) is 18.3. The van der Waals surface area contributed by atoms with Gasteiger partial charge in [0.2, 0.25) is 0 Å². The van der Waals surface area contributed by atoms with Crippen molar-refractivity contribution < 1.29 is 24.2 Å². The molecule has 0 heterocycles. The molecule has 136 valence electrons. The molecule has 0 aromatic rings. The molecule has 0 aromatic carbocycles.